The van der Waals surface area contributed by atoms with Crippen LogP contribution in [-0.2, 0) is 4.74 Å². The molecule has 5 aromatic rings. The van der Waals surface area contributed by atoms with Crippen molar-refractivity contribution in [3.05, 3.63) is 134 Å². The lowest BCUT2D eigenvalue weighted by molar-refractivity contribution is 0.0807. The predicted octanol–water partition coefficient (Wildman–Crippen LogP) is 10.4. The fraction of sp³-hybridized carbons (Fsp3) is 0.222. The first-order valence-corrected chi connectivity index (χ1v) is 16.3. The topological polar surface area (TPSA) is 65.8 Å². The van der Waals surface area contributed by atoms with E-state index in [1.165, 1.54) is 53.2 Å². The Hall–Kier alpha value is -4.39. The van der Waals surface area contributed by atoms with E-state index in [2.05, 4.69) is 21.0 Å². The summed E-state index contributed by atoms with van der Waals surface area (Å²) in [5.74, 6) is 2.13. The van der Waals surface area contributed by atoms with Crippen molar-refractivity contribution in [2.45, 2.75) is 31.7 Å². The SMILES string of the molecule is CN(c1cnn(-c2ccc(Oc3ccc(C(F)F)cc3)cc2)c(=O)c1Cl)[C@@H]1CCCOC1.FC(F)c1ccc(Oc2ccc(Br)cc2)cc1. The zero-order valence-electron chi connectivity index (χ0n) is 26.1. The van der Waals surface area contributed by atoms with Crippen LogP contribution < -0.4 is 19.9 Å². The van der Waals surface area contributed by atoms with E-state index in [1.807, 2.05) is 24.1 Å². The average Bonchev–Trinajstić information content (AvgIpc) is 3.12. The van der Waals surface area contributed by atoms with Crippen LogP contribution in [0.1, 0.15) is 36.8 Å². The zero-order chi connectivity index (χ0) is 34.9. The van der Waals surface area contributed by atoms with Crippen LogP contribution in [0.4, 0.5) is 23.2 Å². The first-order valence-electron chi connectivity index (χ1n) is 15.2. The number of ether oxygens (including phenoxy) is 3. The molecule has 2 heterocycles. The van der Waals surface area contributed by atoms with Gasteiger partial charge in [0.05, 0.1) is 30.2 Å². The van der Waals surface area contributed by atoms with Crippen LogP contribution in [0.5, 0.6) is 23.0 Å². The fourth-order valence-corrected chi connectivity index (χ4v) is 5.40. The summed E-state index contributed by atoms with van der Waals surface area (Å²) in [5, 5.41) is 4.38. The van der Waals surface area contributed by atoms with Crippen molar-refractivity contribution in [2.75, 3.05) is 25.2 Å². The highest BCUT2D eigenvalue weighted by molar-refractivity contribution is 9.10. The largest absolute Gasteiger partial charge is 0.457 e. The van der Waals surface area contributed by atoms with Gasteiger partial charge in [-0.3, -0.25) is 4.79 Å². The number of hydrogen-bond acceptors (Lipinski definition) is 6. The molecule has 6 rings (SSSR count). The number of aromatic nitrogens is 2. The molecule has 0 N–H and O–H groups in total. The number of likely N-dealkylation sites (N-methyl/N-ethyl adjacent to an activating group) is 1. The van der Waals surface area contributed by atoms with Gasteiger partial charge in [0.25, 0.3) is 18.4 Å². The molecule has 0 amide bonds. The standard InChI is InChI=1S/C23H22ClF2N3O3.C13H9BrF2O/c1-28(17-3-2-12-31-14-17)20-13-27-29(23(30)21(20)24)16-6-10-19(11-7-16)32-18-8-4-15(5-9-18)22(25)26;14-10-3-7-12(8-4-10)17-11-5-1-9(2-6-11)13(15)16/h4-11,13,17,22H,2-3,12,14H2,1H3;1-8,13H/t17-;/m1./s1. The summed E-state index contributed by atoms with van der Waals surface area (Å²) < 4.78 is 68.9. The Morgan fingerprint density at radius 2 is 1.29 bits per heavy atom. The molecule has 0 saturated carbocycles. The summed E-state index contributed by atoms with van der Waals surface area (Å²) in [6.07, 6.45) is -1.47. The van der Waals surface area contributed by atoms with Gasteiger partial charge in [-0.05, 0) is 110 Å². The second kappa shape index (κ2) is 16.8. The minimum Gasteiger partial charge on any atom is -0.457 e. The smallest absolute Gasteiger partial charge is 0.292 e. The van der Waals surface area contributed by atoms with Crippen molar-refractivity contribution in [1.82, 2.24) is 9.78 Å². The molecule has 0 radical (unpaired) electrons. The quantitative estimate of drug-likeness (QED) is 0.139. The van der Waals surface area contributed by atoms with Gasteiger partial charge >= 0.3 is 0 Å². The molecule has 49 heavy (non-hydrogen) atoms. The molecular weight excluding hydrogens is 730 g/mol. The number of rotatable bonds is 9. The Labute approximate surface area is 293 Å². The number of benzene rings is 4. The molecule has 7 nitrogen and oxygen atoms in total. The van der Waals surface area contributed by atoms with Crippen molar-refractivity contribution < 1.29 is 31.8 Å². The average molecular weight is 761 g/mol. The van der Waals surface area contributed by atoms with Crippen molar-refractivity contribution in [1.29, 1.82) is 0 Å². The molecule has 1 atom stereocenters. The number of halogens is 6. The van der Waals surface area contributed by atoms with Gasteiger partial charge in [0, 0.05) is 29.3 Å². The van der Waals surface area contributed by atoms with Gasteiger partial charge in [-0.15, -0.1) is 0 Å². The molecule has 1 aromatic heterocycles. The summed E-state index contributed by atoms with van der Waals surface area (Å²) in [4.78, 5) is 14.8. The Kier molecular flexibility index (Phi) is 12.3. The fourth-order valence-electron chi connectivity index (χ4n) is 4.87. The highest BCUT2D eigenvalue weighted by Crippen LogP contribution is 2.29. The van der Waals surface area contributed by atoms with Gasteiger partial charge in [-0.1, -0.05) is 27.5 Å². The van der Waals surface area contributed by atoms with Gasteiger partial charge in [-0.2, -0.15) is 9.78 Å². The van der Waals surface area contributed by atoms with E-state index in [1.54, 1.807) is 42.6 Å². The van der Waals surface area contributed by atoms with Crippen LogP contribution >= 0.6 is 27.5 Å². The molecule has 4 aromatic carbocycles. The summed E-state index contributed by atoms with van der Waals surface area (Å²) >= 11 is 9.72. The van der Waals surface area contributed by atoms with E-state index < -0.39 is 18.4 Å². The van der Waals surface area contributed by atoms with Crippen molar-refractivity contribution in [3.8, 4) is 28.7 Å². The monoisotopic (exact) mass is 759 g/mol. The lowest BCUT2D eigenvalue weighted by Gasteiger charge is -2.32. The van der Waals surface area contributed by atoms with Crippen LogP contribution in [0.25, 0.3) is 5.69 Å². The van der Waals surface area contributed by atoms with E-state index in [-0.39, 0.29) is 22.2 Å². The summed E-state index contributed by atoms with van der Waals surface area (Å²) in [7, 11) is 1.88. The molecule has 0 bridgehead atoms. The minimum absolute atomic E-state index is 0.00634. The predicted molar refractivity (Wildman–Crippen MR) is 184 cm³/mol. The minimum atomic E-state index is -2.52. The Balaban J connectivity index is 0.000000232. The highest BCUT2D eigenvalue weighted by Gasteiger charge is 2.23. The van der Waals surface area contributed by atoms with Crippen LogP contribution in [0.3, 0.4) is 0 Å². The first kappa shape index (κ1) is 35.9. The van der Waals surface area contributed by atoms with Crippen molar-refractivity contribution >= 4 is 33.2 Å². The number of hydrogen-bond donors (Lipinski definition) is 0. The third kappa shape index (κ3) is 9.62. The highest BCUT2D eigenvalue weighted by atomic mass is 79.9. The number of anilines is 1. The first-order chi connectivity index (χ1) is 23.6. The van der Waals surface area contributed by atoms with Gasteiger partial charge in [0.1, 0.15) is 28.0 Å². The van der Waals surface area contributed by atoms with Crippen molar-refractivity contribution in [2.24, 2.45) is 0 Å². The second-order valence-corrected chi connectivity index (χ2v) is 12.2. The molecule has 1 aliphatic heterocycles. The van der Waals surface area contributed by atoms with Gasteiger partial charge < -0.3 is 19.1 Å². The molecule has 0 unspecified atom stereocenters. The molecule has 13 heteroatoms. The maximum Gasteiger partial charge on any atom is 0.292 e. The number of nitrogens with zero attached hydrogens (tertiary/aromatic N) is 3. The molecular formula is C36H31BrClF4N3O4. The van der Waals surface area contributed by atoms with E-state index in [9.17, 15) is 22.4 Å². The number of alkyl halides is 4. The Morgan fingerprint density at radius 1 is 0.816 bits per heavy atom. The molecule has 1 saturated heterocycles. The normalized spacial score (nSPS) is 14.3. The molecule has 256 valence electrons. The van der Waals surface area contributed by atoms with Crippen LogP contribution in [-0.4, -0.2) is 36.1 Å². The van der Waals surface area contributed by atoms with E-state index in [4.69, 9.17) is 25.8 Å². The zero-order valence-corrected chi connectivity index (χ0v) is 28.5. The van der Waals surface area contributed by atoms with Crippen LogP contribution in [0, 0.1) is 0 Å². The summed E-state index contributed by atoms with van der Waals surface area (Å²) in [6.45, 7) is 1.33. The Bertz CT molecular complexity index is 1860. The molecule has 0 aliphatic carbocycles. The van der Waals surface area contributed by atoms with Crippen molar-refractivity contribution in [3.63, 3.8) is 0 Å². The molecule has 1 aliphatic rings. The van der Waals surface area contributed by atoms with Crippen LogP contribution in [0.15, 0.2) is 113 Å². The van der Waals surface area contributed by atoms with E-state index in [0.717, 1.165) is 23.9 Å². The molecule has 0 spiro atoms. The maximum atomic E-state index is 12.9. The maximum absolute atomic E-state index is 12.9. The van der Waals surface area contributed by atoms with Crippen LogP contribution in [0.2, 0.25) is 5.02 Å². The third-order valence-electron chi connectivity index (χ3n) is 7.59. The third-order valence-corrected chi connectivity index (χ3v) is 8.48. The van der Waals surface area contributed by atoms with Gasteiger partial charge in [-0.25, -0.2) is 17.6 Å². The van der Waals surface area contributed by atoms with Gasteiger partial charge in [0.15, 0.2) is 0 Å². The second-order valence-electron chi connectivity index (χ2n) is 10.9. The lowest BCUT2D eigenvalue weighted by Crippen LogP contribution is -2.39. The van der Waals surface area contributed by atoms with E-state index in [0.29, 0.717) is 41.0 Å². The Morgan fingerprint density at radius 3 is 1.73 bits per heavy atom. The van der Waals surface area contributed by atoms with Gasteiger partial charge in [0.2, 0.25) is 0 Å². The lowest BCUT2D eigenvalue weighted by atomic mass is 10.1. The summed E-state index contributed by atoms with van der Waals surface area (Å²) in [5.41, 5.74) is 0.584. The summed E-state index contributed by atoms with van der Waals surface area (Å²) in [6, 6.07) is 25.5. The molecule has 1 fully saturated rings. The van der Waals surface area contributed by atoms with E-state index >= 15 is 0 Å².